The molecule has 0 fully saturated rings. The summed E-state index contributed by atoms with van der Waals surface area (Å²) in [5.74, 6) is 0.0972. The minimum Gasteiger partial charge on any atom is -0.289 e. The molecule has 0 bridgehead atoms. The van der Waals surface area contributed by atoms with Crippen molar-refractivity contribution in [1.29, 1.82) is 0 Å². The van der Waals surface area contributed by atoms with Gasteiger partial charge in [-0.25, -0.2) is 0 Å². The number of allylic oxidation sites excluding steroid dienone is 3. The van der Waals surface area contributed by atoms with Crippen LogP contribution >= 0.6 is 0 Å². The molecule has 0 heterocycles. The molecule has 0 amide bonds. The average Bonchev–Trinajstić information content (AvgIpc) is 2.41. The Morgan fingerprint density at radius 3 is 2.28 bits per heavy atom. The van der Waals surface area contributed by atoms with Crippen LogP contribution in [0.5, 0.6) is 0 Å². The van der Waals surface area contributed by atoms with E-state index in [0.717, 1.165) is 39.5 Å². The normalized spacial score (nSPS) is 14.6. The summed E-state index contributed by atoms with van der Waals surface area (Å²) in [7, 11) is 0. The smallest absolute Gasteiger partial charge is 0.186 e. The van der Waals surface area contributed by atoms with Gasteiger partial charge in [0.25, 0.3) is 0 Å². The number of hydrogen-bond donors (Lipinski definition) is 0. The quantitative estimate of drug-likeness (QED) is 0.715. The molecular formula is C17H14O. The maximum absolute atomic E-state index is 12.1. The second kappa shape index (κ2) is 3.95. The van der Waals surface area contributed by atoms with Gasteiger partial charge in [-0.05, 0) is 52.1 Å². The molecule has 88 valence electrons. The molecule has 18 heavy (non-hydrogen) atoms. The van der Waals surface area contributed by atoms with Crippen LogP contribution < -0.4 is 0 Å². The summed E-state index contributed by atoms with van der Waals surface area (Å²) in [5.41, 5.74) is 3.79. The van der Waals surface area contributed by atoms with Gasteiger partial charge in [0.05, 0.1) is 0 Å². The number of hydrogen-bond acceptors (Lipinski definition) is 1. The first kappa shape index (κ1) is 11.0. The van der Waals surface area contributed by atoms with E-state index in [4.69, 9.17) is 0 Å². The van der Waals surface area contributed by atoms with Crippen molar-refractivity contribution in [2.75, 3.05) is 0 Å². The minimum atomic E-state index is 0.0972. The fourth-order valence-corrected chi connectivity index (χ4v) is 2.51. The largest absolute Gasteiger partial charge is 0.289 e. The molecule has 1 nitrogen and oxygen atoms in total. The predicted octanol–water partition coefficient (Wildman–Crippen LogP) is 4.39. The molecule has 1 heteroatoms. The van der Waals surface area contributed by atoms with Gasteiger partial charge >= 0.3 is 0 Å². The number of rotatable bonds is 1. The highest BCUT2D eigenvalue weighted by Gasteiger charge is 2.20. The number of fused-ring (bicyclic) bond motifs is 2. The van der Waals surface area contributed by atoms with Crippen LogP contribution in [0.15, 0.2) is 54.6 Å². The van der Waals surface area contributed by atoms with Gasteiger partial charge in [-0.1, -0.05) is 37.8 Å². The van der Waals surface area contributed by atoms with Crippen LogP contribution in [-0.4, -0.2) is 5.78 Å². The molecule has 0 saturated heterocycles. The Labute approximate surface area is 106 Å². The van der Waals surface area contributed by atoms with E-state index in [1.807, 2.05) is 24.3 Å². The average molecular weight is 234 g/mol. The van der Waals surface area contributed by atoms with Crippen molar-refractivity contribution < 1.29 is 4.79 Å². The molecule has 0 radical (unpaired) electrons. The molecule has 2 aromatic carbocycles. The molecule has 0 spiro atoms. The second-order valence-corrected chi connectivity index (χ2v) is 4.61. The summed E-state index contributed by atoms with van der Waals surface area (Å²) in [6.07, 6.45) is 2.57. The van der Waals surface area contributed by atoms with Gasteiger partial charge in [-0.15, -0.1) is 0 Å². The van der Waals surface area contributed by atoms with Crippen molar-refractivity contribution in [3.05, 3.63) is 65.8 Å². The molecule has 0 N–H and O–H groups in total. The molecule has 3 rings (SSSR count). The lowest BCUT2D eigenvalue weighted by Gasteiger charge is -2.18. The number of carbonyl (C=O) groups is 1. The zero-order valence-electron chi connectivity index (χ0n) is 10.4. The first-order chi connectivity index (χ1) is 8.70. The van der Waals surface area contributed by atoms with Gasteiger partial charge < -0.3 is 0 Å². The third kappa shape index (κ3) is 1.52. The molecule has 1 aliphatic rings. The Hall–Kier alpha value is -2.15. The van der Waals surface area contributed by atoms with Gasteiger partial charge in [-0.3, -0.25) is 4.79 Å². The van der Waals surface area contributed by atoms with E-state index in [1.165, 1.54) is 0 Å². The highest BCUT2D eigenvalue weighted by atomic mass is 16.1. The Morgan fingerprint density at radius 1 is 1.06 bits per heavy atom. The molecule has 0 aromatic heterocycles. The summed E-state index contributed by atoms with van der Waals surface area (Å²) in [5, 5.41) is 2.26. The maximum atomic E-state index is 12.1. The van der Waals surface area contributed by atoms with E-state index in [2.05, 4.69) is 25.6 Å². The van der Waals surface area contributed by atoms with E-state index in [1.54, 1.807) is 6.08 Å². The second-order valence-electron chi connectivity index (χ2n) is 4.61. The fourth-order valence-electron chi connectivity index (χ4n) is 2.51. The first-order valence-corrected chi connectivity index (χ1v) is 6.18. The van der Waals surface area contributed by atoms with Crippen LogP contribution in [0.3, 0.4) is 0 Å². The van der Waals surface area contributed by atoms with Crippen LogP contribution in [0.1, 0.15) is 29.3 Å². The van der Waals surface area contributed by atoms with Crippen molar-refractivity contribution in [1.82, 2.24) is 0 Å². The summed E-state index contributed by atoms with van der Waals surface area (Å²) in [4.78, 5) is 12.1. The first-order valence-electron chi connectivity index (χ1n) is 6.18. The van der Waals surface area contributed by atoms with Crippen molar-refractivity contribution >= 4 is 22.1 Å². The van der Waals surface area contributed by atoms with Crippen molar-refractivity contribution in [3.63, 3.8) is 0 Å². The van der Waals surface area contributed by atoms with Crippen LogP contribution in [-0.2, 0) is 0 Å². The van der Waals surface area contributed by atoms with E-state index in [0.29, 0.717) is 0 Å². The SMILES string of the molecule is C=C1C(CC)=CC(=O)c2cc3ccccc3cc21. The van der Waals surface area contributed by atoms with E-state index < -0.39 is 0 Å². The summed E-state index contributed by atoms with van der Waals surface area (Å²) >= 11 is 0. The molecule has 1 aliphatic carbocycles. The van der Waals surface area contributed by atoms with Crippen molar-refractivity contribution in [2.24, 2.45) is 0 Å². The van der Waals surface area contributed by atoms with Crippen LogP contribution in [0.25, 0.3) is 16.3 Å². The van der Waals surface area contributed by atoms with Gasteiger partial charge in [0.15, 0.2) is 5.78 Å². The zero-order valence-corrected chi connectivity index (χ0v) is 10.4. The Morgan fingerprint density at radius 2 is 1.67 bits per heavy atom. The molecule has 2 aromatic rings. The lowest BCUT2D eigenvalue weighted by atomic mass is 9.84. The van der Waals surface area contributed by atoms with E-state index in [9.17, 15) is 4.79 Å². The van der Waals surface area contributed by atoms with Crippen LogP contribution in [0.2, 0.25) is 0 Å². The van der Waals surface area contributed by atoms with E-state index in [-0.39, 0.29) is 5.78 Å². The highest BCUT2D eigenvalue weighted by molar-refractivity contribution is 6.15. The molecule has 0 saturated carbocycles. The third-order valence-corrected chi connectivity index (χ3v) is 3.55. The molecule has 0 aliphatic heterocycles. The molecular weight excluding hydrogens is 220 g/mol. The Balaban J connectivity index is 2.31. The van der Waals surface area contributed by atoms with Gasteiger partial charge in [0.2, 0.25) is 0 Å². The molecule has 0 atom stereocenters. The number of ketones is 1. The summed E-state index contributed by atoms with van der Waals surface area (Å²) < 4.78 is 0. The van der Waals surface area contributed by atoms with Gasteiger partial charge in [0, 0.05) is 5.56 Å². The van der Waals surface area contributed by atoms with Crippen molar-refractivity contribution in [3.8, 4) is 0 Å². The topological polar surface area (TPSA) is 17.1 Å². The van der Waals surface area contributed by atoms with Crippen LogP contribution in [0, 0.1) is 0 Å². The lowest BCUT2D eigenvalue weighted by molar-refractivity contribution is 0.104. The lowest BCUT2D eigenvalue weighted by Crippen LogP contribution is -2.08. The van der Waals surface area contributed by atoms with Gasteiger partial charge in [0.1, 0.15) is 0 Å². The monoisotopic (exact) mass is 234 g/mol. The zero-order chi connectivity index (χ0) is 12.7. The van der Waals surface area contributed by atoms with E-state index >= 15 is 0 Å². The highest BCUT2D eigenvalue weighted by Crippen LogP contribution is 2.34. The predicted molar refractivity (Wildman–Crippen MR) is 75.7 cm³/mol. The van der Waals surface area contributed by atoms with Gasteiger partial charge in [-0.2, -0.15) is 0 Å². The standard InChI is InChI=1S/C17H14O/c1-3-12-10-17(18)16-9-14-7-5-4-6-13(14)8-15(16)11(12)2/h4-10H,2-3H2,1H3. The Kier molecular flexibility index (Phi) is 2.41. The summed E-state index contributed by atoms with van der Waals surface area (Å²) in [6.45, 7) is 6.18. The number of benzene rings is 2. The van der Waals surface area contributed by atoms with Crippen LogP contribution in [0.4, 0.5) is 0 Å². The molecule has 0 unspecified atom stereocenters. The van der Waals surface area contributed by atoms with Crippen molar-refractivity contribution in [2.45, 2.75) is 13.3 Å². The fraction of sp³-hybridized carbons (Fsp3) is 0.118. The minimum absolute atomic E-state index is 0.0972. The maximum Gasteiger partial charge on any atom is 0.186 e. The summed E-state index contributed by atoms with van der Waals surface area (Å²) in [6, 6.07) is 12.2. The number of carbonyl (C=O) groups excluding carboxylic acids is 1. The third-order valence-electron chi connectivity index (χ3n) is 3.55. The Bertz CT molecular complexity index is 705.